The number of carbonyl (C=O) groups excluding carboxylic acids is 1. The number of H-pyrrole nitrogens is 1. The van der Waals surface area contributed by atoms with Crippen LogP contribution in [-0.2, 0) is 0 Å². The summed E-state index contributed by atoms with van der Waals surface area (Å²) < 4.78 is 1.90. The number of hydrogen-bond donors (Lipinski definition) is 2. The van der Waals surface area contributed by atoms with Crippen LogP contribution in [0.5, 0.6) is 0 Å². The molecule has 90 valence electrons. The topological polar surface area (TPSA) is 92.7 Å². The van der Waals surface area contributed by atoms with E-state index in [9.17, 15) is 9.59 Å². The van der Waals surface area contributed by atoms with E-state index in [4.69, 9.17) is 0 Å². The number of fused-ring (bicyclic) bond motifs is 1. The number of rotatable bonds is 2. The van der Waals surface area contributed by atoms with Gasteiger partial charge in [-0.3, -0.25) is 15.2 Å². The molecule has 0 radical (unpaired) electrons. The first kappa shape index (κ1) is 10.7. The standard InChI is InChI=1S/C10H7N5O2S/c16-9(14-15-5-12-13-10(15)17)7-3-11-4-8-6(7)1-2-18-8/h1-5H,(H,13,17)(H,14,16). The van der Waals surface area contributed by atoms with Gasteiger partial charge in [0.2, 0.25) is 0 Å². The second-order valence-electron chi connectivity index (χ2n) is 3.49. The predicted molar refractivity (Wildman–Crippen MR) is 66.2 cm³/mol. The molecule has 8 heteroatoms. The zero-order valence-corrected chi connectivity index (χ0v) is 9.77. The Hall–Kier alpha value is -2.48. The molecule has 0 fully saturated rings. The van der Waals surface area contributed by atoms with Crippen molar-refractivity contribution in [3.63, 3.8) is 0 Å². The molecule has 0 aromatic carbocycles. The van der Waals surface area contributed by atoms with Crippen molar-refractivity contribution < 1.29 is 4.79 Å². The fourth-order valence-electron chi connectivity index (χ4n) is 1.57. The lowest BCUT2D eigenvalue weighted by Gasteiger charge is -2.04. The molecule has 0 bridgehead atoms. The van der Waals surface area contributed by atoms with Crippen LogP contribution >= 0.6 is 11.3 Å². The summed E-state index contributed by atoms with van der Waals surface area (Å²) in [5, 5.41) is 8.40. The van der Waals surface area contributed by atoms with E-state index in [1.807, 2.05) is 11.4 Å². The van der Waals surface area contributed by atoms with Crippen LogP contribution in [0, 0.1) is 0 Å². The van der Waals surface area contributed by atoms with E-state index >= 15 is 0 Å². The zero-order valence-electron chi connectivity index (χ0n) is 8.95. The molecule has 2 N–H and O–H groups in total. The van der Waals surface area contributed by atoms with Crippen LogP contribution in [0.1, 0.15) is 10.4 Å². The monoisotopic (exact) mass is 261 g/mol. The Morgan fingerprint density at radius 2 is 2.33 bits per heavy atom. The van der Waals surface area contributed by atoms with Crippen molar-refractivity contribution in [2.45, 2.75) is 0 Å². The first-order valence-corrected chi connectivity index (χ1v) is 5.88. The Kier molecular flexibility index (Phi) is 2.41. The van der Waals surface area contributed by atoms with Crippen LogP contribution in [0.4, 0.5) is 0 Å². The van der Waals surface area contributed by atoms with E-state index in [1.54, 1.807) is 6.20 Å². The van der Waals surface area contributed by atoms with Crippen molar-refractivity contribution in [3.8, 4) is 0 Å². The van der Waals surface area contributed by atoms with Gasteiger partial charge in [-0.1, -0.05) is 0 Å². The molecule has 3 rings (SSSR count). The van der Waals surface area contributed by atoms with Gasteiger partial charge in [0.1, 0.15) is 6.33 Å². The average molecular weight is 261 g/mol. The SMILES string of the molecule is O=C(Nn1cn[nH]c1=O)c1cncc2sccc12. The highest BCUT2D eigenvalue weighted by molar-refractivity contribution is 7.17. The number of amides is 1. The van der Waals surface area contributed by atoms with E-state index in [0.29, 0.717) is 5.56 Å². The predicted octanol–water partition coefficient (Wildman–Crippen LogP) is 0.565. The van der Waals surface area contributed by atoms with Gasteiger partial charge in [-0.05, 0) is 11.4 Å². The van der Waals surface area contributed by atoms with Crippen molar-refractivity contribution in [3.05, 3.63) is 46.2 Å². The summed E-state index contributed by atoms with van der Waals surface area (Å²) in [6, 6.07) is 1.84. The van der Waals surface area contributed by atoms with Gasteiger partial charge in [0.05, 0.1) is 10.3 Å². The second-order valence-corrected chi connectivity index (χ2v) is 4.44. The summed E-state index contributed by atoms with van der Waals surface area (Å²) in [5.41, 5.74) is 2.34. The molecule has 0 aliphatic carbocycles. The molecular weight excluding hydrogens is 254 g/mol. The summed E-state index contributed by atoms with van der Waals surface area (Å²) in [6.07, 6.45) is 4.36. The Labute approximate surface area is 104 Å². The molecule has 0 atom stereocenters. The maximum absolute atomic E-state index is 12.0. The fourth-order valence-corrected chi connectivity index (χ4v) is 2.35. The van der Waals surface area contributed by atoms with Crippen molar-refractivity contribution in [1.82, 2.24) is 19.9 Å². The van der Waals surface area contributed by atoms with Gasteiger partial charge < -0.3 is 0 Å². The number of pyridine rings is 1. The highest BCUT2D eigenvalue weighted by atomic mass is 32.1. The minimum Gasteiger partial charge on any atom is -0.267 e. The summed E-state index contributed by atoms with van der Waals surface area (Å²) in [7, 11) is 0. The Balaban J connectivity index is 2.00. The van der Waals surface area contributed by atoms with E-state index in [-0.39, 0.29) is 0 Å². The number of hydrogen-bond acceptors (Lipinski definition) is 5. The lowest BCUT2D eigenvalue weighted by atomic mass is 10.2. The fraction of sp³-hybridized carbons (Fsp3) is 0. The minimum absolute atomic E-state index is 0.407. The maximum Gasteiger partial charge on any atom is 0.362 e. The average Bonchev–Trinajstić information content (AvgIpc) is 2.98. The number of thiophene rings is 1. The van der Waals surface area contributed by atoms with E-state index < -0.39 is 11.6 Å². The second kappa shape index (κ2) is 4.08. The smallest absolute Gasteiger partial charge is 0.267 e. The quantitative estimate of drug-likeness (QED) is 0.705. The Morgan fingerprint density at radius 1 is 1.44 bits per heavy atom. The highest BCUT2D eigenvalue weighted by Gasteiger charge is 2.12. The Bertz CT molecular complexity index is 772. The summed E-state index contributed by atoms with van der Waals surface area (Å²) >= 11 is 1.50. The molecule has 0 unspecified atom stereocenters. The van der Waals surface area contributed by atoms with Gasteiger partial charge in [-0.15, -0.1) is 11.3 Å². The number of carbonyl (C=O) groups is 1. The molecule has 0 spiro atoms. The minimum atomic E-state index is -0.506. The van der Waals surface area contributed by atoms with Gasteiger partial charge in [-0.2, -0.15) is 9.77 Å². The van der Waals surface area contributed by atoms with Crippen LogP contribution in [0.15, 0.2) is 35.0 Å². The zero-order chi connectivity index (χ0) is 12.5. The molecular formula is C10H7N5O2S. The number of aromatic nitrogens is 4. The summed E-state index contributed by atoms with van der Waals surface area (Å²) in [4.78, 5) is 27.2. The van der Waals surface area contributed by atoms with Crippen LogP contribution in [0.3, 0.4) is 0 Å². The molecule has 0 saturated heterocycles. The number of aromatic amines is 1. The van der Waals surface area contributed by atoms with Crippen molar-refractivity contribution >= 4 is 27.3 Å². The molecule has 18 heavy (non-hydrogen) atoms. The normalized spacial score (nSPS) is 10.7. The van der Waals surface area contributed by atoms with Crippen LogP contribution in [0.2, 0.25) is 0 Å². The van der Waals surface area contributed by atoms with E-state index in [2.05, 4.69) is 20.6 Å². The first-order valence-electron chi connectivity index (χ1n) is 5.00. The largest absolute Gasteiger partial charge is 0.362 e. The van der Waals surface area contributed by atoms with Crippen LogP contribution in [0.25, 0.3) is 10.1 Å². The molecule has 3 aromatic rings. The lowest BCUT2D eigenvalue weighted by molar-refractivity contribution is 0.101. The van der Waals surface area contributed by atoms with E-state index in [0.717, 1.165) is 14.8 Å². The van der Waals surface area contributed by atoms with Crippen molar-refractivity contribution in [1.29, 1.82) is 0 Å². The van der Waals surface area contributed by atoms with Gasteiger partial charge in [-0.25, -0.2) is 9.89 Å². The van der Waals surface area contributed by atoms with Crippen LogP contribution < -0.4 is 11.1 Å². The Morgan fingerprint density at radius 3 is 3.11 bits per heavy atom. The van der Waals surface area contributed by atoms with Gasteiger partial charge >= 0.3 is 5.69 Å². The number of nitrogens with zero attached hydrogens (tertiary/aromatic N) is 3. The molecule has 0 saturated carbocycles. The molecule has 0 aliphatic rings. The third kappa shape index (κ3) is 1.68. The molecule has 3 heterocycles. The van der Waals surface area contributed by atoms with Gasteiger partial charge in [0, 0.05) is 17.8 Å². The molecule has 7 nitrogen and oxygen atoms in total. The summed E-state index contributed by atoms with van der Waals surface area (Å²) in [6.45, 7) is 0. The third-order valence-electron chi connectivity index (χ3n) is 2.40. The van der Waals surface area contributed by atoms with Gasteiger partial charge in [0.15, 0.2) is 0 Å². The van der Waals surface area contributed by atoms with Crippen LogP contribution in [-0.4, -0.2) is 25.8 Å². The third-order valence-corrected chi connectivity index (χ3v) is 3.25. The molecule has 1 amide bonds. The summed E-state index contributed by atoms with van der Waals surface area (Å²) in [5.74, 6) is -0.407. The maximum atomic E-state index is 12.0. The molecule has 3 aromatic heterocycles. The highest BCUT2D eigenvalue weighted by Crippen LogP contribution is 2.22. The van der Waals surface area contributed by atoms with E-state index in [1.165, 1.54) is 23.9 Å². The first-order chi connectivity index (χ1) is 8.75. The lowest BCUT2D eigenvalue weighted by Crippen LogP contribution is -2.30. The number of nitrogens with one attached hydrogen (secondary N) is 2. The molecule has 0 aliphatic heterocycles. The van der Waals surface area contributed by atoms with Crippen molar-refractivity contribution in [2.75, 3.05) is 5.43 Å². The van der Waals surface area contributed by atoms with Crippen molar-refractivity contribution in [2.24, 2.45) is 0 Å². The van der Waals surface area contributed by atoms with Gasteiger partial charge in [0.25, 0.3) is 5.91 Å².